The third kappa shape index (κ3) is 5.15. The number of hydrogen-bond donors (Lipinski definition) is 1. The molecule has 4 nitrogen and oxygen atoms in total. The van der Waals surface area contributed by atoms with E-state index in [2.05, 4.69) is 35.7 Å². The van der Waals surface area contributed by atoms with Crippen LogP contribution in [0.1, 0.15) is 25.8 Å². The minimum Gasteiger partial charge on any atom is -0.313 e. The van der Waals surface area contributed by atoms with Crippen LogP contribution in [0.3, 0.4) is 0 Å². The van der Waals surface area contributed by atoms with Crippen molar-refractivity contribution in [1.29, 1.82) is 0 Å². The molecule has 1 aromatic heterocycles. The minimum atomic E-state index is 0.881. The fourth-order valence-electron chi connectivity index (χ4n) is 1.77. The van der Waals surface area contributed by atoms with Gasteiger partial charge in [0.25, 0.3) is 0 Å². The first-order valence-corrected chi connectivity index (χ1v) is 6.38. The van der Waals surface area contributed by atoms with E-state index in [4.69, 9.17) is 0 Å². The molecular weight excluding hydrogens is 212 g/mol. The molecule has 96 valence electrons. The van der Waals surface area contributed by atoms with Crippen LogP contribution >= 0.6 is 0 Å². The summed E-state index contributed by atoms with van der Waals surface area (Å²) in [5.41, 5.74) is 1.20. The zero-order valence-corrected chi connectivity index (χ0v) is 11.0. The lowest BCUT2D eigenvalue weighted by molar-refractivity contribution is 0.298. The van der Waals surface area contributed by atoms with Crippen molar-refractivity contribution in [3.63, 3.8) is 0 Å². The smallest absolute Gasteiger partial charge is 0.0538 e. The molecular formula is C13H24N4. The molecule has 0 radical (unpaired) electrons. The standard InChI is InChI=1S/C13H24N4/c1-4-16(5-2)9-7-8-14-10-13-11-15-17(6-3)12-13/h6,11-12,14H,3-5,7-10H2,1-2H3. The normalized spacial score (nSPS) is 11.0. The van der Waals surface area contributed by atoms with Crippen molar-refractivity contribution in [2.45, 2.75) is 26.8 Å². The van der Waals surface area contributed by atoms with Gasteiger partial charge in [-0.3, -0.25) is 0 Å². The summed E-state index contributed by atoms with van der Waals surface area (Å²) in [6.07, 6.45) is 6.75. The predicted octanol–water partition coefficient (Wildman–Crippen LogP) is 1.81. The van der Waals surface area contributed by atoms with Crippen LogP contribution in [0.4, 0.5) is 0 Å². The van der Waals surface area contributed by atoms with Crippen molar-refractivity contribution in [3.05, 3.63) is 24.5 Å². The van der Waals surface area contributed by atoms with Gasteiger partial charge in [-0.1, -0.05) is 20.4 Å². The molecule has 0 saturated carbocycles. The molecule has 1 aromatic rings. The monoisotopic (exact) mass is 236 g/mol. The Balaban J connectivity index is 2.09. The number of nitrogens with one attached hydrogen (secondary N) is 1. The molecule has 0 saturated heterocycles. The van der Waals surface area contributed by atoms with Gasteiger partial charge in [-0.15, -0.1) is 0 Å². The van der Waals surface area contributed by atoms with E-state index in [0.717, 1.165) is 26.2 Å². The lowest BCUT2D eigenvalue weighted by Crippen LogP contribution is -2.27. The molecule has 0 aliphatic rings. The molecule has 4 heteroatoms. The van der Waals surface area contributed by atoms with Gasteiger partial charge in [-0.2, -0.15) is 5.10 Å². The second-order valence-corrected chi connectivity index (χ2v) is 4.07. The molecule has 1 heterocycles. The molecule has 0 bridgehead atoms. The Morgan fingerprint density at radius 1 is 1.47 bits per heavy atom. The molecule has 17 heavy (non-hydrogen) atoms. The summed E-state index contributed by atoms with van der Waals surface area (Å²) in [5.74, 6) is 0. The van der Waals surface area contributed by atoms with E-state index >= 15 is 0 Å². The van der Waals surface area contributed by atoms with Gasteiger partial charge in [-0.05, 0) is 32.6 Å². The largest absolute Gasteiger partial charge is 0.313 e. The van der Waals surface area contributed by atoms with Crippen molar-refractivity contribution >= 4 is 6.20 Å². The Bertz CT molecular complexity index is 315. The van der Waals surface area contributed by atoms with Gasteiger partial charge >= 0.3 is 0 Å². The van der Waals surface area contributed by atoms with Gasteiger partial charge in [0.05, 0.1) is 6.20 Å². The highest BCUT2D eigenvalue weighted by atomic mass is 15.2. The molecule has 0 amide bonds. The summed E-state index contributed by atoms with van der Waals surface area (Å²) in [6.45, 7) is 13.5. The first-order chi connectivity index (χ1) is 8.30. The maximum Gasteiger partial charge on any atom is 0.0538 e. The lowest BCUT2D eigenvalue weighted by atomic mass is 10.3. The Kier molecular flexibility index (Phi) is 6.58. The highest BCUT2D eigenvalue weighted by Gasteiger charge is 1.99. The van der Waals surface area contributed by atoms with Gasteiger partial charge in [0.1, 0.15) is 0 Å². The highest BCUT2D eigenvalue weighted by Crippen LogP contribution is 1.97. The fourth-order valence-corrected chi connectivity index (χ4v) is 1.77. The molecule has 1 N–H and O–H groups in total. The molecule has 0 aromatic carbocycles. The molecule has 0 aliphatic heterocycles. The Morgan fingerprint density at radius 3 is 2.82 bits per heavy atom. The van der Waals surface area contributed by atoms with Crippen molar-refractivity contribution in [3.8, 4) is 0 Å². The zero-order valence-electron chi connectivity index (χ0n) is 11.0. The van der Waals surface area contributed by atoms with Crippen LogP contribution in [0.25, 0.3) is 6.20 Å². The lowest BCUT2D eigenvalue weighted by Gasteiger charge is -2.17. The molecule has 0 atom stereocenters. The third-order valence-corrected chi connectivity index (χ3v) is 2.89. The third-order valence-electron chi connectivity index (χ3n) is 2.89. The van der Waals surface area contributed by atoms with Crippen LogP contribution in [-0.4, -0.2) is 40.9 Å². The van der Waals surface area contributed by atoms with Crippen LogP contribution in [0.5, 0.6) is 0 Å². The first kappa shape index (κ1) is 13.9. The predicted molar refractivity (Wildman–Crippen MR) is 72.7 cm³/mol. The van der Waals surface area contributed by atoms with Gasteiger partial charge in [-0.25, -0.2) is 4.68 Å². The highest BCUT2D eigenvalue weighted by molar-refractivity contribution is 5.17. The number of rotatable bonds is 9. The molecule has 0 fully saturated rings. The van der Waals surface area contributed by atoms with Crippen molar-refractivity contribution in [1.82, 2.24) is 20.0 Å². The van der Waals surface area contributed by atoms with E-state index in [-0.39, 0.29) is 0 Å². The van der Waals surface area contributed by atoms with Crippen molar-refractivity contribution < 1.29 is 0 Å². The van der Waals surface area contributed by atoms with Crippen LogP contribution in [0.2, 0.25) is 0 Å². The molecule has 0 unspecified atom stereocenters. The van der Waals surface area contributed by atoms with E-state index < -0.39 is 0 Å². The van der Waals surface area contributed by atoms with Crippen LogP contribution in [-0.2, 0) is 6.54 Å². The summed E-state index contributed by atoms with van der Waals surface area (Å²) >= 11 is 0. The average Bonchev–Trinajstić information content (AvgIpc) is 2.82. The van der Waals surface area contributed by atoms with E-state index in [0.29, 0.717) is 0 Å². The summed E-state index contributed by atoms with van der Waals surface area (Å²) < 4.78 is 1.73. The van der Waals surface area contributed by atoms with Gasteiger partial charge in [0, 0.05) is 24.5 Å². The van der Waals surface area contributed by atoms with Gasteiger partial charge in [0.15, 0.2) is 0 Å². The molecule has 0 aliphatic carbocycles. The SMILES string of the molecule is C=Cn1cc(CNCCCN(CC)CC)cn1. The van der Waals surface area contributed by atoms with E-state index in [1.807, 2.05) is 12.4 Å². The van der Waals surface area contributed by atoms with Crippen molar-refractivity contribution in [2.75, 3.05) is 26.2 Å². The van der Waals surface area contributed by atoms with Crippen LogP contribution in [0.15, 0.2) is 19.0 Å². The van der Waals surface area contributed by atoms with Gasteiger partial charge < -0.3 is 10.2 Å². The summed E-state index contributed by atoms with van der Waals surface area (Å²) in [4.78, 5) is 2.44. The quantitative estimate of drug-likeness (QED) is 0.664. The van der Waals surface area contributed by atoms with E-state index in [1.165, 1.54) is 18.5 Å². The Labute approximate surface area is 104 Å². The van der Waals surface area contributed by atoms with E-state index in [1.54, 1.807) is 10.9 Å². The van der Waals surface area contributed by atoms with Gasteiger partial charge in [0.2, 0.25) is 0 Å². The van der Waals surface area contributed by atoms with Crippen LogP contribution in [0, 0.1) is 0 Å². The summed E-state index contributed by atoms with van der Waals surface area (Å²) in [7, 11) is 0. The summed E-state index contributed by atoms with van der Waals surface area (Å²) in [6, 6.07) is 0. The average molecular weight is 236 g/mol. The molecule has 0 spiro atoms. The topological polar surface area (TPSA) is 33.1 Å². The fraction of sp³-hybridized carbons (Fsp3) is 0.615. The van der Waals surface area contributed by atoms with Crippen LogP contribution < -0.4 is 5.32 Å². The Morgan fingerprint density at radius 2 is 2.24 bits per heavy atom. The minimum absolute atomic E-state index is 0.881. The first-order valence-electron chi connectivity index (χ1n) is 6.38. The maximum absolute atomic E-state index is 4.14. The van der Waals surface area contributed by atoms with E-state index in [9.17, 15) is 0 Å². The zero-order chi connectivity index (χ0) is 12.5. The number of nitrogens with zero attached hydrogens (tertiary/aromatic N) is 3. The number of aromatic nitrogens is 2. The Hall–Kier alpha value is -1.13. The van der Waals surface area contributed by atoms with Crippen molar-refractivity contribution in [2.24, 2.45) is 0 Å². The second-order valence-electron chi connectivity index (χ2n) is 4.07. The number of hydrogen-bond acceptors (Lipinski definition) is 3. The maximum atomic E-state index is 4.14. The second kappa shape index (κ2) is 8.03. The molecule has 1 rings (SSSR count). The summed E-state index contributed by atoms with van der Waals surface area (Å²) in [5, 5.41) is 7.57.